The first-order valence-electron chi connectivity index (χ1n) is 7.01. The molecule has 1 atom stereocenters. The summed E-state index contributed by atoms with van der Waals surface area (Å²) in [6, 6.07) is 16.7. The van der Waals surface area contributed by atoms with E-state index in [1.165, 1.54) is 16.7 Å². The largest absolute Gasteiger partial charge is 0.388 e. The van der Waals surface area contributed by atoms with E-state index in [2.05, 4.69) is 44.2 Å². The molecule has 2 aromatic rings. The molecule has 2 aromatic carbocycles. The summed E-state index contributed by atoms with van der Waals surface area (Å²) in [6.07, 6.45) is 2.47. The van der Waals surface area contributed by atoms with Crippen LogP contribution in [-0.4, -0.2) is 5.11 Å². The third-order valence-electron chi connectivity index (χ3n) is 3.39. The van der Waals surface area contributed by atoms with Crippen LogP contribution in [0, 0.1) is 6.92 Å². The minimum absolute atomic E-state index is 0.418. The Morgan fingerprint density at radius 2 is 1.74 bits per heavy atom. The number of benzene rings is 2. The molecule has 0 amide bonds. The van der Waals surface area contributed by atoms with E-state index in [0.717, 1.165) is 18.4 Å². The molecule has 0 radical (unpaired) electrons. The SMILES string of the molecule is CCCc1cccc(C(O)Cc2cccc(C)c2)c1. The molecule has 100 valence electrons. The first kappa shape index (κ1) is 13.8. The van der Waals surface area contributed by atoms with E-state index >= 15 is 0 Å². The van der Waals surface area contributed by atoms with Crippen molar-refractivity contribution in [1.29, 1.82) is 0 Å². The average Bonchev–Trinajstić information content (AvgIpc) is 2.39. The first-order valence-corrected chi connectivity index (χ1v) is 7.01. The van der Waals surface area contributed by atoms with Gasteiger partial charge in [-0.1, -0.05) is 67.4 Å². The van der Waals surface area contributed by atoms with Crippen molar-refractivity contribution in [2.45, 2.75) is 39.2 Å². The van der Waals surface area contributed by atoms with Crippen LogP contribution in [-0.2, 0) is 12.8 Å². The zero-order valence-corrected chi connectivity index (χ0v) is 11.8. The average molecular weight is 254 g/mol. The molecular weight excluding hydrogens is 232 g/mol. The number of hydrogen-bond acceptors (Lipinski definition) is 1. The van der Waals surface area contributed by atoms with Crippen molar-refractivity contribution in [3.05, 3.63) is 70.8 Å². The third kappa shape index (κ3) is 3.93. The van der Waals surface area contributed by atoms with Crippen molar-refractivity contribution >= 4 is 0 Å². The number of rotatable bonds is 5. The minimum atomic E-state index is -0.418. The van der Waals surface area contributed by atoms with Gasteiger partial charge in [0, 0.05) is 6.42 Å². The van der Waals surface area contributed by atoms with Crippen LogP contribution in [0.1, 0.15) is 41.7 Å². The van der Waals surface area contributed by atoms with Crippen LogP contribution in [0.15, 0.2) is 48.5 Å². The van der Waals surface area contributed by atoms with Crippen LogP contribution in [0.3, 0.4) is 0 Å². The summed E-state index contributed by atoms with van der Waals surface area (Å²) in [7, 11) is 0. The van der Waals surface area contributed by atoms with E-state index in [1.54, 1.807) is 0 Å². The molecule has 0 aromatic heterocycles. The summed E-state index contributed by atoms with van der Waals surface area (Å²) in [5.41, 5.74) is 4.76. The van der Waals surface area contributed by atoms with Gasteiger partial charge in [-0.3, -0.25) is 0 Å². The lowest BCUT2D eigenvalue weighted by Gasteiger charge is -2.13. The topological polar surface area (TPSA) is 20.2 Å². The molecule has 1 N–H and O–H groups in total. The van der Waals surface area contributed by atoms with Crippen molar-refractivity contribution in [2.75, 3.05) is 0 Å². The highest BCUT2D eigenvalue weighted by Crippen LogP contribution is 2.20. The maximum Gasteiger partial charge on any atom is 0.0830 e. The lowest BCUT2D eigenvalue weighted by Crippen LogP contribution is -2.02. The van der Waals surface area contributed by atoms with E-state index in [1.807, 2.05) is 18.2 Å². The van der Waals surface area contributed by atoms with Gasteiger partial charge in [0.05, 0.1) is 6.10 Å². The molecule has 1 heteroatoms. The Kier molecular flexibility index (Phi) is 4.75. The Morgan fingerprint density at radius 1 is 1.00 bits per heavy atom. The Balaban J connectivity index is 2.11. The predicted molar refractivity (Wildman–Crippen MR) is 80.3 cm³/mol. The standard InChI is InChI=1S/C18H22O/c1-3-6-15-8-5-10-17(12-15)18(19)13-16-9-4-7-14(2)11-16/h4-5,7-12,18-19H,3,6,13H2,1-2H3. The fourth-order valence-electron chi connectivity index (χ4n) is 2.42. The second kappa shape index (κ2) is 6.53. The molecule has 19 heavy (non-hydrogen) atoms. The van der Waals surface area contributed by atoms with E-state index in [-0.39, 0.29) is 0 Å². The van der Waals surface area contributed by atoms with Crippen molar-refractivity contribution in [3.63, 3.8) is 0 Å². The fourth-order valence-corrected chi connectivity index (χ4v) is 2.42. The maximum absolute atomic E-state index is 10.4. The number of aliphatic hydroxyl groups is 1. The Labute approximate surface area is 115 Å². The molecule has 0 heterocycles. The molecule has 0 saturated heterocycles. The molecular formula is C18H22O. The summed E-state index contributed by atoms with van der Waals surface area (Å²) >= 11 is 0. The van der Waals surface area contributed by atoms with Gasteiger partial charge in [0.2, 0.25) is 0 Å². The lowest BCUT2D eigenvalue weighted by molar-refractivity contribution is 0.178. The van der Waals surface area contributed by atoms with Gasteiger partial charge in [0.1, 0.15) is 0 Å². The molecule has 0 spiro atoms. The highest BCUT2D eigenvalue weighted by atomic mass is 16.3. The Morgan fingerprint density at radius 3 is 2.47 bits per heavy atom. The number of hydrogen-bond donors (Lipinski definition) is 1. The van der Waals surface area contributed by atoms with E-state index in [4.69, 9.17) is 0 Å². The van der Waals surface area contributed by atoms with Gasteiger partial charge < -0.3 is 5.11 Å². The van der Waals surface area contributed by atoms with Crippen LogP contribution >= 0.6 is 0 Å². The Hall–Kier alpha value is -1.60. The summed E-state index contributed by atoms with van der Waals surface area (Å²) in [5, 5.41) is 10.4. The van der Waals surface area contributed by atoms with Gasteiger partial charge in [-0.25, -0.2) is 0 Å². The number of aliphatic hydroxyl groups excluding tert-OH is 1. The molecule has 0 aliphatic carbocycles. The lowest BCUT2D eigenvalue weighted by atomic mass is 9.98. The van der Waals surface area contributed by atoms with Crippen LogP contribution < -0.4 is 0 Å². The molecule has 0 aliphatic heterocycles. The minimum Gasteiger partial charge on any atom is -0.388 e. The monoisotopic (exact) mass is 254 g/mol. The van der Waals surface area contributed by atoms with E-state index < -0.39 is 6.10 Å². The fraction of sp³-hybridized carbons (Fsp3) is 0.333. The van der Waals surface area contributed by atoms with Crippen molar-refractivity contribution in [1.82, 2.24) is 0 Å². The van der Waals surface area contributed by atoms with E-state index in [0.29, 0.717) is 6.42 Å². The van der Waals surface area contributed by atoms with Crippen LogP contribution in [0.25, 0.3) is 0 Å². The summed E-state index contributed by atoms with van der Waals surface area (Å²) in [6.45, 7) is 4.26. The van der Waals surface area contributed by atoms with Crippen LogP contribution in [0.4, 0.5) is 0 Å². The van der Waals surface area contributed by atoms with Gasteiger partial charge in [-0.15, -0.1) is 0 Å². The van der Waals surface area contributed by atoms with Gasteiger partial charge in [-0.2, -0.15) is 0 Å². The van der Waals surface area contributed by atoms with E-state index in [9.17, 15) is 5.11 Å². The zero-order valence-electron chi connectivity index (χ0n) is 11.8. The second-order valence-electron chi connectivity index (χ2n) is 5.20. The maximum atomic E-state index is 10.4. The smallest absolute Gasteiger partial charge is 0.0830 e. The number of aryl methyl sites for hydroxylation is 2. The summed E-state index contributed by atoms with van der Waals surface area (Å²) in [4.78, 5) is 0. The van der Waals surface area contributed by atoms with Crippen molar-refractivity contribution < 1.29 is 5.11 Å². The van der Waals surface area contributed by atoms with Gasteiger partial charge >= 0.3 is 0 Å². The van der Waals surface area contributed by atoms with Crippen LogP contribution in [0.2, 0.25) is 0 Å². The highest BCUT2D eigenvalue weighted by molar-refractivity contribution is 5.28. The van der Waals surface area contributed by atoms with Crippen molar-refractivity contribution in [3.8, 4) is 0 Å². The first-order chi connectivity index (χ1) is 9.19. The zero-order chi connectivity index (χ0) is 13.7. The van der Waals surface area contributed by atoms with Gasteiger partial charge in [0.15, 0.2) is 0 Å². The van der Waals surface area contributed by atoms with Crippen LogP contribution in [0.5, 0.6) is 0 Å². The molecule has 0 saturated carbocycles. The molecule has 2 rings (SSSR count). The van der Waals surface area contributed by atoms with Gasteiger partial charge in [-0.05, 0) is 30.0 Å². The molecule has 1 nitrogen and oxygen atoms in total. The third-order valence-corrected chi connectivity index (χ3v) is 3.39. The quantitative estimate of drug-likeness (QED) is 0.847. The normalized spacial score (nSPS) is 12.4. The highest BCUT2D eigenvalue weighted by Gasteiger charge is 2.09. The van der Waals surface area contributed by atoms with Crippen molar-refractivity contribution in [2.24, 2.45) is 0 Å². The molecule has 0 bridgehead atoms. The molecule has 1 unspecified atom stereocenters. The summed E-state index contributed by atoms with van der Waals surface area (Å²) < 4.78 is 0. The van der Waals surface area contributed by atoms with Gasteiger partial charge in [0.25, 0.3) is 0 Å². The predicted octanol–water partition coefficient (Wildman–Crippen LogP) is 4.22. The summed E-state index contributed by atoms with van der Waals surface area (Å²) in [5.74, 6) is 0. The second-order valence-corrected chi connectivity index (χ2v) is 5.20. The molecule has 0 aliphatic rings. The Bertz CT molecular complexity index is 531. The molecule has 0 fully saturated rings.